The van der Waals surface area contributed by atoms with Crippen LogP contribution in [0.5, 0.6) is 0 Å². The number of anilines is 1. The highest BCUT2D eigenvalue weighted by atomic mass is 32.2. The number of nitrogen functional groups attached to an aromatic ring is 1. The van der Waals surface area contributed by atoms with Gasteiger partial charge < -0.3 is 10.7 Å². The molecule has 2 aromatic rings. The largest absolute Gasteiger partial charge is 0.369 e. The van der Waals surface area contributed by atoms with Gasteiger partial charge in [0.15, 0.2) is 5.95 Å². The highest BCUT2D eigenvalue weighted by Gasteiger charge is 1.98. The number of benzene rings is 1. The van der Waals surface area contributed by atoms with Crippen molar-refractivity contribution in [3.05, 3.63) is 36.5 Å². The van der Waals surface area contributed by atoms with Gasteiger partial charge in [0, 0.05) is 4.90 Å². The van der Waals surface area contributed by atoms with Gasteiger partial charge in [-0.05, 0) is 12.1 Å². The molecular formula is C9H9N3S. The van der Waals surface area contributed by atoms with Crippen LogP contribution >= 0.6 is 11.8 Å². The molecule has 0 radical (unpaired) electrons. The van der Waals surface area contributed by atoms with E-state index >= 15 is 0 Å². The van der Waals surface area contributed by atoms with Crippen LogP contribution in [-0.4, -0.2) is 9.97 Å². The lowest BCUT2D eigenvalue weighted by Gasteiger charge is -1.95. The summed E-state index contributed by atoms with van der Waals surface area (Å²) < 4.78 is 0. The van der Waals surface area contributed by atoms with Crippen molar-refractivity contribution in [1.82, 2.24) is 9.97 Å². The summed E-state index contributed by atoms with van der Waals surface area (Å²) in [5, 5.41) is 0.962. The van der Waals surface area contributed by atoms with Crippen molar-refractivity contribution >= 4 is 17.7 Å². The number of hydrogen-bond acceptors (Lipinski definition) is 3. The van der Waals surface area contributed by atoms with E-state index in [0.29, 0.717) is 5.95 Å². The van der Waals surface area contributed by atoms with Gasteiger partial charge in [0.25, 0.3) is 0 Å². The second-order valence-electron chi connectivity index (χ2n) is 2.55. The number of rotatable bonds is 2. The first-order chi connectivity index (χ1) is 6.34. The SMILES string of the molecule is Nc1ncc(Sc2ccccc2)[nH]1. The van der Waals surface area contributed by atoms with E-state index in [-0.39, 0.29) is 0 Å². The molecule has 13 heavy (non-hydrogen) atoms. The molecule has 0 saturated heterocycles. The Morgan fingerprint density at radius 2 is 2.00 bits per heavy atom. The minimum Gasteiger partial charge on any atom is -0.369 e. The number of imidazole rings is 1. The number of aromatic amines is 1. The molecule has 0 aliphatic heterocycles. The van der Waals surface area contributed by atoms with E-state index in [1.54, 1.807) is 18.0 Å². The first kappa shape index (κ1) is 8.19. The van der Waals surface area contributed by atoms with Gasteiger partial charge in [-0.3, -0.25) is 0 Å². The van der Waals surface area contributed by atoms with Crippen LogP contribution < -0.4 is 5.73 Å². The lowest BCUT2D eigenvalue weighted by Crippen LogP contribution is -1.84. The van der Waals surface area contributed by atoms with Crippen molar-refractivity contribution in [2.75, 3.05) is 5.73 Å². The van der Waals surface area contributed by atoms with Crippen LogP contribution in [-0.2, 0) is 0 Å². The summed E-state index contributed by atoms with van der Waals surface area (Å²) in [7, 11) is 0. The Hall–Kier alpha value is -1.42. The molecule has 3 N–H and O–H groups in total. The Labute approximate surface area is 80.4 Å². The summed E-state index contributed by atoms with van der Waals surface area (Å²) in [5.74, 6) is 0.457. The number of nitrogens with two attached hydrogens (primary N) is 1. The van der Waals surface area contributed by atoms with Gasteiger partial charge in [-0.1, -0.05) is 30.0 Å². The number of nitrogens with one attached hydrogen (secondary N) is 1. The van der Waals surface area contributed by atoms with Crippen LogP contribution in [0.2, 0.25) is 0 Å². The van der Waals surface area contributed by atoms with Gasteiger partial charge in [0.1, 0.15) is 0 Å². The van der Waals surface area contributed by atoms with E-state index in [1.165, 1.54) is 4.90 Å². The van der Waals surface area contributed by atoms with E-state index in [2.05, 4.69) is 9.97 Å². The van der Waals surface area contributed by atoms with E-state index in [1.807, 2.05) is 30.3 Å². The Morgan fingerprint density at radius 1 is 1.23 bits per heavy atom. The van der Waals surface area contributed by atoms with Crippen molar-refractivity contribution in [3.8, 4) is 0 Å². The molecule has 0 aliphatic rings. The summed E-state index contributed by atoms with van der Waals surface area (Å²) in [5.41, 5.74) is 5.45. The van der Waals surface area contributed by atoms with Crippen LogP contribution in [0.25, 0.3) is 0 Å². The fraction of sp³-hybridized carbons (Fsp3) is 0. The summed E-state index contributed by atoms with van der Waals surface area (Å²) in [4.78, 5) is 8.04. The van der Waals surface area contributed by atoms with E-state index in [4.69, 9.17) is 5.73 Å². The zero-order chi connectivity index (χ0) is 9.10. The maximum atomic E-state index is 5.45. The Bertz CT molecular complexity index is 383. The molecule has 66 valence electrons. The molecule has 0 aliphatic carbocycles. The fourth-order valence-electron chi connectivity index (χ4n) is 0.986. The highest BCUT2D eigenvalue weighted by molar-refractivity contribution is 7.99. The standard InChI is InChI=1S/C9H9N3S/c10-9-11-6-8(12-9)13-7-4-2-1-3-5-7/h1-6H,(H3,10,11,12). The molecule has 0 unspecified atom stereocenters. The maximum absolute atomic E-state index is 5.45. The second kappa shape index (κ2) is 3.53. The summed E-state index contributed by atoms with van der Waals surface area (Å²) in [6, 6.07) is 10.1. The van der Waals surface area contributed by atoms with Gasteiger partial charge in [-0.15, -0.1) is 0 Å². The van der Waals surface area contributed by atoms with Crippen molar-refractivity contribution in [2.24, 2.45) is 0 Å². The minimum absolute atomic E-state index is 0.457. The fourth-order valence-corrected chi connectivity index (χ4v) is 1.79. The maximum Gasteiger partial charge on any atom is 0.198 e. The zero-order valence-corrected chi connectivity index (χ0v) is 7.71. The monoisotopic (exact) mass is 191 g/mol. The zero-order valence-electron chi connectivity index (χ0n) is 6.90. The van der Waals surface area contributed by atoms with E-state index in [0.717, 1.165) is 5.03 Å². The van der Waals surface area contributed by atoms with E-state index < -0.39 is 0 Å². The van der Waals surface area contributed by atoms with Gasteiger partial charge in [-0.2, -0.15) is 0 Å². The predicted octanol–water partition coefficient (Wildman–Crippen LogP) is 2.14. The molecule has 4 heteroatoms. The minimum atomic E-state index is 0.457. The average Bonchev–Trinajstić information content (AvgIpc) is 2.53. The van der Waals surface area contributed by atoms with E-state index in [9.17, 15) is 0 Å². The average molecular weight is 191 g/mol. The van der Waals surface area contributed by atoms with Crippen LogP contribution in [0, 0.1) is 0 Å². The molecular weight excluding hydrogens is 182 g/mol. The molecule has 0 spiro atoms. The molecule has 1 aromatic heterocycles. The summed E-state index contributed by atoms with van der Waals surface area (Å²) >= 11 is 1.61. The van der Waals surface area contributed by atoms with Crippen molar-refractivity contribution in [1.29, 1.82) is 0 Å². The third kappa shape index (κ3) is 2.03. The van der Waals surface area contributed by atoms with Crippen molar-refractivity contribution in [3.63, 3.8) is 0 Å². The molecule has 3 nitrogen and oxygen atoms in total. The third-order valence-corrected chi connectivity index (χ3v) is 2.48. The normalized spacial score (nSPS) is 10.2. The van der Waals surface area contributed by atoms with Crippen LogP contribution in [0.4, 0.5) is 5.95 Å². The highest BCUT2D eigenvalue weighted by Crippen LogP contribution is 2.25. The van der Waals surface area contributed by atoms with Gasteiger partial charge in [0.05, 0.1) is 11.2 Å². The van der Waals surface area contributed by atoms with Crippen LogP contribution in [0.15, 0.2) is 46.5 Å². The molecule has 1 heterocycles. The number of aromatic nitrogens is 2. The Balaban J connectivity index is 2.15. The first-order valence-corrected chi connectivity index (χ1v) is 4.69. The smallest absolute Gasteiger partial charge is 0.198 e. The topological polar surface area (TPSA) is 54.7 Å². The molecule has 1 aromatic carbocycles. The van der Waals surface area contributed by atoms with Crippen molar-refractivity contribution in [2.45, 2.75) is 9.92 Å². The lowest BCUT2D eigenvalue weighted by molar-refractivity contribution is 1.20. The third-order valence-electron chi connectivity index (χ3n) is 1.54. The summed E-state index contributed by atoms with van der Waals surface area (Å²) in [6.07, 6.45) is 1.73. The van der Waals surface area contributed by atoms with Gasteiger partial charge >= 0.3 is 0 Å². The Morgan fingerprint density at radius 3 is 2.62 bits per heavy atom. The Kier molecular flexibility index (Phi) is 2.23. The molecule has 2 rings (SSSR count). The quantitative estimate of drug-likeness (QED) is 0.764. The molecule has 0 saturated carbocycles. The molecule has 0 atom stereocenters. The van der Waals surface area contributed by atoms with Gasteiger partial charge in [0.2, 0.25) is 0 Å². The second-order valence-corrected chi connectivity index (χ2v) is 3.66. The summed E-state index contributed by atoms with van der Waals surface area (Å²) in [6.45, 7) is 0. The number of nitrogens with zero attached hydrogens (tertiary/aromatic N) is 1. The number of hydrogen-bond donors (Lipinski definition) is 2. The predicted molar refractivity (Wildman–Crippen MR) is 53.6 cm³/mol. The van der Waals surface area contributed by atoms with Crippen molar-refractivity contribution < 1.29 is 0 Å². The number of H-pyrrole nitrogens is 1. The molecule has 0 fully saturated rings. The first-order valence-electron chi connectivity index (χ1n) is 3.88. The molecule has 0 bridgehead atoms. The van der Waals surface area contributed by atoms with Crippen LogP contribution in [0.1, 0.15) is 0 Å². The van der Waals surface area contributed by atoms with Crippen LogP contribution in [0.3, 0.4) is 0 Å². The van der Waals surface area contributed by atoms with Gasteiger partial charge in [-0.25, -0.2) is 4.98 Å². The molecule has 0 amide bonds. The lowest BCUT2D eigenvalue weighted by atomic mass is 10.4.